The van der Waals surface area contributed by atoms with Crippen LogP contribution in [-0.4, -0.2) is 156 Å². The quantitative estimate of drug-likeness (QED) is 0.138. The highest BCUT2D eigenvalue weighted by Crippen LogP contribution is 2.56. The van der Waals surface area contributed by atoms with Crippen molar-refractivity contribution in [2.75, 3.05) is 20.8 Å². The zero-order valence-electron chi connectivity index (χ0n) is 41.9. The van der Waals surface area contributed by atoms with E-state index in [1.807, 2.05) is 34.6 Å². The summed E-state index contributed by atoms with van der Waals surface area (Å²) in [4.78, 5) is 12.6. The van der Waals surface area contributed by atoms with E-state index in [9.17, 15) is 25.2 Å². The molecule has 0 bridgehead atoms. The minimum Gasteiger partial charge on any atom is -0.481 e. The molecule has 66 heavy (non-hydrogen) atoms. The minimum absolute atomic E-state index is 0.0153. The summed E-state index contributed by atoms with van der Waals surface area (Å²) in [5.74, 6) is -5.55. The first-order valence-corrected chi connectivity index (χ1v) is 25.5. The van der Waals surface area contributed by atoms with Crippen molar-refractivity contribution in [3.8, 4) is 0 Å². The van der Waals surface area contributed by atoms with Crippen molar-refractivity contribution >= 4 is 5.97 Å². The molecule has 24 atom stereocenters. The van der Waals surface area contributed by atoms with Crippen LogP contribution >= 0.6 is 0 Å². The molecule has 7 heterocycles. The van der Waals surface area contributed by atoms with Crippen LogP contribution in [0, 0.1) is 35.5 Å². The van der Waals surface area contributed by atoms with Crippen LogP contribution in [0.3, 0.4) is 0 Å². The molecule has 7 saturated heterocycles. The van der Waals surface area contributed by atoms with Crippen molar-refractivity contribution in [2.24, 2.45) is 35.5 Å². The molecule has 0 aromatic carbocycles. The molecule has 1 spiro atoms. The Morgan fingerprint density at radius 3 is 2.02 bits per heavy atom. The molecule has 3 unspecified atom stereocenters. The first-order valence-electron chi connectivity index (χ1n) is 25.5. The number of aliphatic hydroxyl groups excluding tert-OH is 2. The highest BCUT2D eigenvalue weighted by atomic mass is 16.7. The molecule has 7 aliphatic rings. The summed E-state index contributed by atoms with van der Waals surface area (Å²) >= 11 is 0. The average molecular weight is 943 g/mol. The fourth-order valence-corrected chi connectivity index (χ4v) is 13.2. The van der Waals surface area contributed by atoms with Crippen molar-refractivity contribution in [1.29, 1.82) is 0 Å². The lowest BCUT2D eigenvalue weighted by molar-refractivity contribution is -0.343. The Labute approximate surface area is 393 Å². The van der Waals surface area contributed by atoms with Crippen LogP contribution in [0.25, 0.3) is 0 Å². The first kappa shape index (κ1) is 52.7. The van der Waals surface area contributed by atoms with Gasteiger partial charge in [-0.25, -0.2) is 0 Å². The molecule has 4 N–H and O–H groups in total. The predicted octanol–water partition coefficient (Wildman–Crippen LogP) is 6.11. The zero-order chi connectivity index (χ0) is 48.1. The largest absolute Gasteiger partial charge is 0.481 e. The SMILES string of the molecule is CC[C@@H](OC1CC[C@H](OC)[C@@H](C)O1)[C@@]1([C@@H]2OC([C@H]3O[C@@](O)(CO)[C@H](C)C[C@@H]3C)C[C@@H]2C)CC[C@H]([C@]2(C)CC[C@]3(C[C@H](O)[C@@H](C)[C@@H]([C@@H](C)[C@@H](OC4CC[C@H](OC)[C@@H](C)O4)[C@H](C)C(=O)O)O3)O2)O1. The zero-order valence-corrected chi connectivity index (χ0v) is 41.9. The maximum absolute atomic E-state index is 12.6. The number of carboxylic acids is 1. The van der Waals surface area contributed by atoms with Gasteiger partial charge in [-0.1, -0.05) is 41.5 Å². The smallest absolute Gasteiger partial charge is 0.308 e. The van der Waals surface area contributed by atoms with Gasteiger partial charge in [-0.3, -0.25) is 4.79 Å². The molecule has 0 aromatic heterocycles. The molecule has 0 amide bonds. The molecule has 16 heteroatoms. The van der Waals surface area contributed by atoms with E-state index in [0.29, 0.717) is 57.8 Å². The van der Waals surface area contributed by atoms with E-state index in [1.165, 1.54) is 0 Å². The Morgan fingerprint density at radius 1 is 0.803 bits per heavy atom. The molecule has 0 aromatic rings. The van der Waals surface area contributed by atoms with E-state index >= 15 is 0 Å². The Morgan fingerprint density at radius 2 is 1.44 bits per heavy atom. The standard InChI is InChI=1S/C50H86O16/c1-13-38(61-40-16-14-35(56-11)32(8)58-40)49(45-27(3)23-37(60-45)42-26(2)22-28(4)50(55,25-51)65-42)19-18-39(63-49)47(10)20-21-48(66-47)24-34(52)29(5)44(64-48)30(6)43(31(7)46(53)54)62-41-17-15-36(57-12)33(9)59-41/h26-45,51-52,55H,13-25H2,1-12H3,(H,53,54)/t26-,27-,28+,29+,30-,31-,32+,33+,34-,35-,36-,37?,38+,39+,40?,41?,42-,43+,44-,45+,47-,48+,49+,50-/m0/s1. The second kappa shape index (κ2) is 20.9. The van der Waals surface area contributed by atoms with Crippen molar-refractivity contribution < 1.29 is 77.3 Å². The van der Waals surface area contributed by atoms with Gasteiger partial charge in [-0.2, -0.15) is 0 Å². The Hall–Kier alpha value is -1.09. The molecule has 382 valence electrons. The summed E-state index contributed by atoms with van der Waals surface area (Å²) in [5, 5.41) is 43.6. The van der Waals surface area contributed by atoms with E-state index < -0.39 is 96.4 Å². The molecular formula is C50H86O16. The van der Waals surface area contributed by atoms with Gasteiger partial charge in [-0.15, -0.1) is 0 Å². The third-order valence-electron chi connectivity index (χ3n) is 17.4. The fraction of sp³-hybridized carbons (Fsp3) is 0.980. The van der Waals surface area contributed by atoms with Gasteiger partial charge in [0.15, 0.2) is 24.2 Å². The van der Waals surface area contributed by atoms with Gasteiger partial charge in [0.2, 0.25) is 0 Å². The highest BCUT2D eigenvalue weighted by Gasteiger charge is 2.65. The molecule has 7 fully saturated rings. The number of hydrogen-bond donors (Lipinski definition) is 4. The first-order chi connectivity index (χ1) is 31.2. The van der Waals surface area contributed by atoms with E-state index in [0.717, 1.165) is 12.8 Å². The summed E-state index contributed by atoms with van der Waals surface area (Å²) in [6, 6.07) is 0. The van der Waals surface area contributed by atoms with Gasteiger partial charge in [0.05, 0.1) is 91.4 Å². The van der Waals surface area contributed by atoms with Crippen molar-refractivity contribution in [3.05, 3.63) is 0 Å². The van der Waals surface area contributed by atoms with Gasteiger partial charge in [0.25, 0.3) is 0 Å². The summed E-state index contributed by atoms with van der Waals surface area (Å²) in [6.07, 6.45) is 1.79. The monoisotopic (exact) mass is 943 g/mol. The third kappa shape index (κ3) is 10.3. The minimum atomic E-state index is -1.65. The van der Waals surface area contributed by atoms with E-state index in [2.05, 4.69) is 27.7 Å². The van der Waals surface area contributed by atoms with E-state index in [4.69, 9.17) is 52.1 Å². The summed E-state index contributed by atoms with van der Waals surface area (Å²) < 4.78 is 72.8. The fourth-order valence-electron chi connectivity index (χ4n) is 13.2. The topological polar surface area (TPSA) is 200 Å². The van der Waals surface area contributed by atoms with Crippen LogP contribution in [0.15, 0.2) is 0 Å². The maximum Gasteiger partial charge on any atom is 0.308 e. The van der Waals surface area contributed by atoms with Crippen molar-refractivity contribution in [1.82, 2.24) is 0 Å². The lowest BCUT2D eigenvalue weighted by Crippen LogP contribution is -2.59. The maximum atomic E-state index is 12.6. The van der Waals surface area contributed by atoms with E-state index in [-0.39, 0.29) is 66.7 Å². The second-order valence-electron chi connectivity index (χ2n) is 22.0. The number of aliphatic carboxylic acids is 1. The average Bonchev–Trinajstić information content (AvgIpc) is 4.00. The number of hydrogen-bond acceptors (Lipinski definition) is 15. The van der Waals surface area contributed by atoms with Crippen LogP contribution in [0.2, 0.25) is 0 Å². The Bertz CT molecular complexity index is 1610. The van der Waals surface area contributed by atoms with Crippen LogP contribution in [0.1, 0.15) is 146 Å². The van der Waals surface area contributed by atoms with Gasteiger partial charge >= 0.3 is 5.97 Å². The molecule has 0 saturated carbocycles. The van der Waals surface area contributed by atoms with Crippen LogP contribution in [0.4, 0.5) is 0 Å². The highest BCUT2D eigenvalue weighted by molar-refractivity contribution is 5.70. The van der Waals surface area contributed by atoms with Gasteiger partial charge in [0.1, 0.15) is 5.60 Å². The molecular weight excluding hydrogens is 857 g/mol. The van der Waals surface area contributed by atoms with Gasteiger partial charge in [-0.05, 0) is 90.9 Å². The number of aliphatic hydroxyl groups is 3. The normalized spacial score (nSPS) is 49.7. The molecule has 0 radical (unpaired) electrons. The van der Waals surface area contributed by atoms with Crippen LogP contribution < -0.4 is 0 Å². The molecule has 7 aliphatic heterocycles. The summed E-state index contributed by atoms with van der Waals surface area (Å²) in [7, 11) is 3.37. The van der Waals surface area contributed by atoms with Crippen LogP contribution in [-0.2, 0) is 56.9 Å². The number of methoxy groups -OCH3 is 2. The van der Waals surface area contributed by atoms with Gasteiger partial charge in [0, 0.05) is 57.7 Å². The summed E-state index contributed by atoms with van der Waals surface area (Å²) in [5.41, 5.74) is -1.73. The molecule has 0 aliphatic carbocycles. The predicted molar refractivity (Wildman–Crippen MR) is 240 cm³/mol. The third-order valence-corrected chi connectivity index (χ3v) is 17.4. The number of ether oxygens (including phenoxy) is 11. The number of rotatable bonds is 16. The van der Waals surface area contributed by atoms with Gasteiger partial charge < -0.3 is 72.5 Å². The lowest BCUT2D eigenvalue weighted by atomic mass is 9.78. The lowest BCUT2D eigenvalue weighted by Gasteiger charge is -2.49. The number of carbonyl (C=O) groups is 1. The summed E-state index contributed by atoms with van der Waals surface area (Å²) in [6.45, 7) is 19.4. The Kier molecular flexibility index (Phi) is 16.7. The van der Waals surface area contributed by atoms with E-state index in [1.54, 1.807) is 21.1 Å². The molecule has 7 rings (SSSR count). The number of carboxylic acid groups (broad SMARTS) is 1. The second-order valence-corrected chi connectivity index (χ2v) is 22.0. The van der Waals surface area contributed by atoms with Crippen LogP contribution in [0.5, 0.6) is 0 Å². The Balaban J connectivity index is 1.12. The molecule has 16 nitrogen and oxygen atoms in total. The van der Waals surface area contributed by atoms with Crippen molar-refractivity contribution in [2.45, 2.75) is 255 Å². The van der Waals surface area contributed by atoms with Crippen molar-refractivity contribution in [3.63, 3.8) is 0 Å².